The number of allylic oxidation sites excluding steroid dienone is 2. The molecular formula is C19H21ClFN3O2. The predicted molar refractivity (Wildman–Crippen MR) is 99.8 cm³/mol. The van der Waals surface area contributed by atoms with E-state index in [2.05, 4.69) is 23.3 Å². The van der Waals surface area contributed by atoms with Gasteiger partial charge in [-0.25, -0.2) is 4.39 Å². The molecule has 1 aliphatic carbocycles. The zero-order valence-electron chi connectivity index (χ0n) is 14.5. The molecule has 26 heavy (non-hydrogen) atoms. The van der Waals surface area contributed by atoms with E-state index in [0.717, 1.165) is 35.3 Å². The monoisotopic (exact) mass is 377 g/mol. The summed E-state index contributed by atoms with van der Waals surface area (Å²) in [6, 6.07) is 1.62. The van der Waals surface area contributed by atoms with Gasteiger partial charge in [0.25, 0.3) is 0 Å². The van der Waals surface area contributed by atoms with Crippen molar-refractivity contribution in [3.63, 3.8) is 0 Å². The molecule has 0 bridgehead atoms. The van der Waals surface area contributed by atoms with Crippen LogP contribution in [0.4, 0.5) is 10.1 Å². The minimum atomic E-state index is -0.517. The van der Waals surface area contributed by atoms with E-state index in [1.807, 2.05) is 0 Å². The number of carbonyl (C=O) groups is 1. The summed E-state index contributed by atoms with van der Waals surface area (Å²) in [7, 11) is 0. The van der Waals surface area contributed by atoms with Crippen molar-refractivity contribution in [1.29, 1.82) is 0 Å². The second kappa shape index (κ2) is 6.59. The molecule has 0 spiro atoms. The van der Waals surface area contributed by atoms with Crippen molar-refractivity contribution in [2.24, 2.45) is 5.92 Å². The second-order valence-electron chi connectivity index (χ2n) is 7.01. The highest BCUT2D eigenvalue weighted by atomic mass is 35.5. The number of aromatic nitrogens is 1. The molecule has 7 heteroatoms. The van der Waals surface area contributed by atoms with Gasteiger partial charge in [0.1, 0.15) is 6.61 Å². The molecule has 1 amide bonds. The maximum absolute atomic E-state index is 14.6. The second-order valence-corrected chi connectivity index (χ2v) is 7.42. The zero-order valence-corrected chi connectivity index (χ0v) is 15.3. The van der Waals surface area contributed by atoms with Gasteiger partial charge in [0.15, 0.2) is 5.82 Å². The number of rotatable bonds is 5. The van der Waals surface area contributed by atoms with E-state index in [0.29, 0.717) is 30.9 Å². The van der Waals surface area contributed by atoms with Crippen LogP contribution in [0.3, 0.4) is 0 Å². The number of hydrogen-bond acceptors (Lipinski definition) is 3. The molecule has 0 radical (unpaired) electrons. The van der Waals surface area contributed by atoms with Gasteiger partial charge in [-0.2, -0.15) is 0 Å². The van der Waals surface area contributed by atoms with E-state index in [1.165, 1.54) is 5.57 Å². The Balaban J connectivity index is 1.68. The molecule has 1 aliphatic heterocycles. The largest absolute Gasteiger partial charge is 0.387 e. The standard InChI is InChI=1S/C19H21ClFN3O2/c1-10-6-11(10)2-4-22-15-7-13(20)18(21)19-17(15)12-8-24(16(26)9-25)5-3-14(12)23-19/h6-7,11,22-23,25H,2-5,8-9H2,1H3. The van der Waals surface area contributed by atoms with Crippen LogP contribution >= 0.6 is 11.6 Å². The van der Waals surface area contributed by atoms with Crippen LogP contribution in [0.25, 0.3) is 10.9 Å². The van der Waals surface area contributed by atoms with Crippen LogP contribution in [0, 0.1) is 11.7 Å². The molecule has 1 aromatic carbocycles. The number of nitrogens with one attached hydrogen (secondary N) is 2. The van der Waals surface area contributed by atoms with Crippen LogP contribution in [0.5, 0.6) is 0 Å². The lowest BCUT2D eigenvalue weighted by Gasteiger charge is -2.27. The first-order valence-electron chi connectivity index (χ1n) is 8.81. The molecular weight excluding hydrogens is 357 g/mol. The summed E-state index contributed by atoms with van der Waals surface area (Å²) in [4.78, 5) is 16.6. The number of carbonyl (C=O) groups excluding carboxylic acids is 1. The quantitative estimate of drug-likeness (QED) is 0.701. The molecule has 0 saturated heterocycles. The topological polar surface area (TPSA) is 68.4 Å². The number of fused-ring (bicyclic) bond motifs is 3. The summed E-state index contributed by atoms with van der Waals surface area (Å²) in [5.41, 5.74) is 4.38. The third-order valence-corrected chi connectivity index (χ3v) is 5.62. The van der Waals surface area contributed by atoms with Crippen molar-refractivity contribution < 1.29 is 14.3 Å². The maximum Gasteiger partial charge on any atom is 0.248 e. The minimum absolute atomic E-state index is 0.0719. The lowest BCUT2D eigenvalue weighted by Crippen LogP contribution is -2.37. The van der Waals surface area contributed by atoms with Gasteiger partial charge in [0.05, 0.1) is 10.5 Å². The Morgan fingerprint density at radius 2 is 2.31 bits per heavy atom. The number of anilines is 1. The molecule has 2 heterocycles. The highest BCUT2D eigenvalue weighted by Crippen LogP contribution is 2.38. The van der Waals surface area contributed by atoms with E-state index < -0.39 is 12.4 Å². The van der Waals surface area contributed by atoms with Gasteiger partial charge >= 0.3 is 0 Å². The van der Waals surface area contributed by atoms with E-state index in [1.54, 1.807) is 11.0 Å². The normalized spacial score (nSPS) is 18.7. The minimum Gasteiger partial charge on any atom is -0.387 e. The number of aliphatic hydroxyl groups is 1. The number of H-pyrrole nitrogens is 1. The third-order valence-electron chi connectivity index (χ3n) is 5.34. The fourth-order valence-corrected chi connectivity index (χ4v) is 3.94. The Morgan fingerprint density at radius 3 is 3.00 bits per heavy atom. The lowest BCUT2D eigenvalue weighted by atomic mass is 10.0. The summed E-state index contributed by atoms with van der Waals surface area (Å²) in [5.74, 6) is -0.225. The van der Waals surface area contributed by atoms with E-state index >= 15 is 0 Å². The van der Waals surface area contributed by atoms with Crippen molar-refractivity contribution in [1.82, 2.24) is 9.88 Å². The first kappa shape index (κ1) is 17.4. The Hall–Kier alpha value is -2.05. The number of hydrogen-bond donors (Lipinski definition) is 3. The van der Waals surface area contributed by atoms with Gasteiger partial charge in [0, 0.05) is 48.4 Å². The van der Waals surface area contributed by atoms with Gasteiger partial charge < -0.3 is 20.3 Å². The number of halogens is 2. The van der Waals surface area contributed by atoms with Crippen LogP contribution in [0.2, 0.25) is 5.02 Å². The summed E-state index contributed by atoms with van der Waals surface area (Å²) in [5, 5.41) is 13.3. The predicted octanol–water partition coefficient (Wildman–Crippen LogP) is 3.22. The van der Waals surface area contributed by atoms with Crippen LogP contribution in [0.1, 0.15) is 24.6 Å². The first-order chi connectivity index (χ1) is 12.5. The average Bonchev–Trinajstić information content (AvgIpc) is 3.20. The SMILES string of the molecule is CC1=CC1CCNc1cc(Cl)c(F)c2[nH]c3c(c12)CN(C(=O)CO)CC3. The van der Waals surface area contributed by atoms with Crippen molar-refractivity contribution in [3.05, 3.63) is 39.8 Å². The highest BCUT2D eigenvalue weighted by molar-refractivity contribution is 6.32. The summed E-state index contributed by atoms with van der Waals surface area (Å²) < 4.78 is 14.6. The van der Waals surface area contributed by atoms with Gasteiger partial charge in [-0.15, -0.1) is 0 Å². The number of amides is 1. The van der Waals surface area contributed by atoms with Crippen LogP contribution in [0.15, 0.2) is 17.7 Å². The molecule has 4 rings (SSSR count). The summed E-state index contributed by atoms with van der Waals surface area (Å²) >= 11 is 6.09. The molecule has 3 N–H and O–H groups in total. The third kappa shape index (κ3) is 2.97. The van der Waals surface area contributed by atoms with Crippen molar-refractivity contribution in [2.75, 3.05) is 25.0 Å². The molecule has 2 aromatic rings. The van der Waals surface area contributed by atoms with Crippen molar-refractivity contribution in [3.8, 4) is 0 Å². The number of benzene rings is 1. The Kier molecular flexibility index (Phi) is 4.40. The van der Waals surface area contributed by atoms with Crippen molar-refractivity contribution >= 4 is 34.1 Å². The maximum atomic E-state index is 14.6. The highest BCUT2D eigenvalue weighted by Gasteiger charge is 2.27. The van der Waals surface area contributed by atoms with Gasteiger partial charge in [-0.3, -0.25) is 4.79 Å². The van der Waals surface area contributed by atoms with Gasteiger partial charge in [-0.1, -0.05) is 23.3 Å². The number of nitrogens with zero attached hydrogens (tertiary/aromatic N) is 1. The first-order valence-corrected chi connectivity index (χ1v) is 9.19. The molecule has 2 aliphatic rings. The van der Waals surface area contributed by atoms with Crippen LogP contribution < -0.4 is 5.32 Å². The number of aliphatic hydroxyl groups excluding tert-OH is 1. The van der Waals surface area contributed by atoms with Crippen LogP contribution in [-0.4, -0.2) is 40.6 Å². The van der Waals surface area contributed by atoms with Crippen LogP contribution in [-0.2, 0) is 17.8 Å². The summed E-state index contributed by atoms with van der Waals surface area (Å²) in [6.07, 6.45) is 3.81. The molecule has 1 unspecified atom stereocenters. The lowest BCUT2D eigenvalue weighted by molar-refractivity contribution is -0.135. The number of aromatic amines is 1. The van der Waals surface area contributed by atoms with Crippen molar-refractivity contribution in [2.45, 2.75) is 26.3 Å². The molecule has 0 fully saturated rings. The van der Waals surface area contributed by atoms with E-state index in [9.17, 15) is 9.18 Å². The Bertz CT molecular complexity index is 921. The van der Waals surface area contributed by atoms with Gasteiger partial charge in [-0.05, 0) is 25.3 Å². The molecule has 1 atom stereocenters. The molecule has 1 aromatic heterocycles. The molecule has 138 valence electrons. The zero-order chi connectivity index (χ0) is 18.4. The Labute approximate surface area is 155 Å². The fraction of sp³-hybridized carbons (Fsp3) is 0.421. The van der Waals surface area contributed by atoms with E-state index in [4.69, 9.17) is 16.7 Å². The smallest absolute Gasteiger partial charge is 0.248 e. The van der Waals surface area contributed by atoms with E-state index in [-0.39, 0.29) is 10.9 Å². The molecule has 5 nitrogen and oxygen atoms in total. The Morgan fingerprint density at radius 1 is 1.54 bits per heavy atom. The summed E-state index contributed by atoms with van der Waals surface area (Å²) in [6.45, 7) is 3.22. The van der Waals surface area contributed by atoms with Gasteiger partial charge in [0.2, 0.25) is 5.91 Å². The fourth-order valence-electron chi connectivity index (χ4n) is 3.73. The molecule has 0 saturated carbocycles. The average molecular weight is 378 g/mol.